The molecule has 1 aromatic rings. The van der Waals surface area contributed by atoms with Crippen molar-refractivity contribution >= 4 is 6.08 Å². The SMILES string of the molecule is CCCCCC=CCC(O)C=Cc1cccc(C2OC2CCCC)n1.[H-].[Na+]. The Morgan fingerprint density at radius 2 is 2.00 bits per heavy atom. The Morgan fingerprint density at radius 3 is 2.77 bits per heavy atom. The minimum absolute atomic E-state index is 0. The predicted octanol–water partition coefficient (Wildman–Crippen LogP) is 2.73. The average Bonchev–Trinajstić information content (AvgIpc) is 3.41. The van der Waals surface area contributed by atoms with Crippen LogP contribution in [0, 0.1) is 0 Å². The molecule has 1 saturated heterocycles. The van der Waals surface area contributed by atoms with E-state index < -0.39 is 6.10 Å². The van der Waals surface area contributed by atoms with Gasteiger partial charge in [0.2, 0.25) is 0 Å². The van der Waals surface area contributed by atoms with Crippen molar-refractivity contribution in [2.24, 2.45) is 0 Å². The number of pyridine rings is 1. The zero-order valence-electron chi connectivity index (χ0n) is 17.7. The maximum Gasteiger partial charge on any atom is 1.00 e. The van der Waals surface area contributed by atoms with Crippen LogP contribution in [0.15, 0.2) is 36.4 Å². The van der Waals surface area contributed by atoms with Crippen LogP contribution in [0.2, 0.25) is 0 Å². The molecule has 140 valence electrons. The summed E-state index contributed by atoms with van der Waals surface area (Å²) in [5, 5.41) is 10.1. The van der Waals surface area contributed by atoms with Gasteiger partial charge in [-0.1, -0.05) is 63.8 Å². The van der Waals surface area contributed by atoms with Crippen LogP contribution in [-0.4, -0.2) is 22.3 Å². The van der Waals surface area contributed by atoms with E-state index in [1.54, 1.807) is 0 Å². The van der Waals surface area contributed by atoms with E-state index in [0.29, 0.717) is 12.5 Å². The summed E-state index contributed by atoms with van der Waals surface area (Å²) in [5.74, 6) is 0. The Hall–Kier alpha value is -0.450. The van der Waals surface area contributed by atoms with Gasteiger partial charge in [-0.2, -0.15) is 0 Å². The van der Waals surface area contributed by atoms with E-state index >= 15 is 0 Å². The van der Waals surface area contributed by atoms with Crippen LogP contribution in [-0.2, 0) is 4.74 Å². The molecule has 26 heavy (non-hydrogen) atoms. The van der Waals surface area contributed by atoms with E-state index in [2.05, 4.69) is 31.0 Å². The van der Waals surface area contributed by atoms with Gasteiger partial charge in [0.05, 0.1) is 23.6 Å². The van der Waals surface area contributed by atoms with Crippen molar-refractivity contribution in [3.8, 4) is 0 Å². The number of allylic oxidation sites excluding steroid dienone is 1. The van der Waals surface area contributed by atoms with E-state index in [1.807, 2.05) is 30.4 Å². The van der Waals surface area contributed by atoms with Crippen LogP contribution >= 0.6 is 0 Å². The van der Waals surface area contributed by atoms with Crippen molar-refractivity contribution in [2.45, 2.75) is 83.5 Å². The van der Waals surface area contributed by atoms with Gasteiger partial charge in [0, 0.05) is 0 Å². The first kappa shape index (κ1) is 23.6. The van der Waals surface area contributed by atoms with Crippen LogP contribution in [0.3, 0.4) is 0 Å². The fourth-order valence-corrected chi connectivity index (χ4v) is 2.90. The number of aliphatic hydroxyl groups is 1. The second-order valence-electron chi connectivity index (χ2n) is 6.85. The molecule has 0 bridgehead atoms. The summed E-state index contributed by atoms with van der Waals surface area (Å²) in [7, 11) is 0. The van der Waals surface area contributed by atoms with Crippen molar-refractivity contribution in [1.29, 1.82) is 0 Å². The molecule has 0 saturated carbocycles. The Morgan fingerprint density at radius 1 is 1.19 bits per heavy atom. The first-order chi connectivity index (χ1) is 12.2. The molecule has 0 amide bonds. The molecule has 1 fully saturated rings. The smallest absolute Gasteiger partial charge is 1.00 e. The van der Waals surface area contributed by atoms with Gasteiger partial charge in [0.15, 0.2) is 0 Å². The first-order valence-corrected chi connectivity index (χ1v) is 9.88. The number of unbranched alkanes of at least 4 members (excludes halogenated alkanes) is 4. The third-order valence-corrected chi connectivity index (χ3v) is 4.52. The van der Waals surface area contributed by atoms with Crippen LogP contribution in [0.4, 0.5) is 0 Å². The summed E-state index contributed by atoms with van der Waals surface area (Å²) in [4.78, 5) is 4.65. The van der Waals surface area contributed by atoms with Gasteiger partial charge in [-0.15, -0.1) is 0 Å². The van der Waals surface area contributed by atoms with Gasteiger partial charge in [-0.05, 0) is 43.9 Å². The van der Waals surface area contributed by atoms with Gasteiger partial charge >= 0.3 is 29.6 Å². The summed E-state index contributed by atoms with van der Waals surface area (Å²) >= 11 is 0. The number of epoxide rings is 1. The predicted molar refractivity (Wildman–Crippen MR) is 105 cm³/mol. The van der Waals surface area contributed by atoms with Crippen LogP contribution in [0.1, 0.15) is 84.1 Å². The third kappa shape index (κ3) is 8.96. The monoisotopic (exact) mass is 367 g/mol. The van der Waals surface area contributed by atoms with Crippen molar-refractivity contribution in [2.75, 3.05) is 0 Å². The van der Waals surface area contributed by atoms with Crippen molar-refractivity contribution in [1.82, 2.24) is 4.98 Å². The standard InChI is InChI=1S/C22H33NO2.Na.H/c1-3-5-7-8-9-10-13-19(24)17-16-18-12-11-14-20(23-18)22-21(25-22)15-6-4-2;;/h9-12,14,16-17,19,21-22,24H,3-8,13,15H2,1-2H3;;/q;+1;-1. The number of hydrogen-bond acceptors (Lipinski definition) is 3. The molecule has 1 aromatic heterocycles. The normalized spacial score (nSPS) is 20.4. The molecule has 0 radical (unpaired) electrons. The molecular weight excluding hydrogens is 333 g/mol. The molecular formula is C22H34NNaO2. The van der Waals surface area contributed by atoms with Gasteiger partial charge in [0.25, 0.3) is 0 Å². The summed E-state index contributed by atoms with van der Waals surface area (Å²) in [6.07, 6.45) is 17.1. The average molecular weight is 368 g/mol. The summed E-state index contributed by atoms with van der Waals surface area (Å²) in [5.41, 5.74) is 1.89. The number of hydrogen-bond donors (Lipinski definition) is 1. The van der Waals surface area contributed by atoms with Crippen molar-refractivity contribution in [3.05, 3.63) is 47.8 Å². The molecule has 2 heterocycles. The maximum absolute atomic E-state index is 10.1. The second-order valence-corrected chi connectivity index (χ2v) is 6.85. The largest absolute Gasteiger partial charge is 1.00 e. The van der Waals surface area contributed by atoms with Crippen LogP contribution in [0.25, 0.3) is 6.08 Å². The van der Waals surface area contributed by atoms with Gasteiger partial charge in [-0.25, -0.2) is 0 Å². The fourth-order valence-electron chi connectivity index (χ4n) is 2.90. The molecule has 3 unspecified atom stereocenters. The van der Waals surface area contributed by atoms with Crippen molar-refractivity contribution < 1.29 is 40.8 Å². The summed E-state index contributed by atoms with van der Waals surface area (Å²) in [6.45, 7) is 4.41. The minimum atomic E-state index is -0.456. The molecule has 3 nitrogen and oxygen atoms in total. The zero-order valence-corrected chi connectivity index (χ0v) is 18.7. The minimum Gasteiger partial charge on any atom is -1.00 e. The second kappa shape index (κ2) is 13.7. The van der Waals surface area contributed by atoms with E-state index in [4.69, 9.17) is 4.74 Å². The maximum atomic E-state index is 10.1. The van der Waals surface area contributed by atoms with Crippen LogP contribution < -0.4 is 29.6 Å². The molecule has 1 aliphatic heterocycles. The Bertz CT molecular complexity index is 565. The molecule has 1 N–H and O–H groups in total. The Kier molecular flexibility index (Phi) is 12.4. The first-order valence-electron chi connectivity index (χ1n) is 9.88. The quantitative estimate of drug-likeness (QED) is 0.267. The van der Waals surface area contributed by atoms with Gasteiger partial charge in [-0.3, -0.25) is 4.98 Å². The van der Waals surface area contributed by atoms with E-state index in [-0.39, 0.29) is 37.1 Å². The molecule has 0 aliphatic carbocycles. The van der Waals surface area contributed by atoms with Crippen LogP contribution in [0.5, 0.6) is 0 Å². The zero-order chi connectivity index (χ0) is 17.9. The molecule has 3 atom stereocenters. The Balaban J connectivity index is 0.00000338. The third-order valence-electron chi connectivity index (χ3n) is 4.52. The topological polar surface area (TPSA) is 45.6 Å². The molecule has 2 rings (SSSR count). The van der Waals surface area contributed by atoms with E-state index in [9.17, 15) is 5.11 Å². The van der Waals surface area contributed by atoms with E-state index in [1.165, 1.54) is 32.1 Å². The fraction of sp³-hybridized carbons (Fsp3) is 0.591. The van der Waals surface area contributed by atoms with Crippen molar-refractivity contribution in [3.63, 3.8) is 0 Å². The molecule has 0 spiro atoms. The summed E-state index contributed by atoms with van der Waals surface area (Å²) in [6, 6.07) is 6.01. The molecule has 0 aromatic carbocycles. The van der Waals surface area contributed by atoms with Gasteiger partial charge in [0.1, 0.15) is 6.10 Å². The number of aliphatic hydroxyl groups excluding tert-OH is 1. The van der Waals surface area contributed by atoms with Gasteiger partial charge < -0.3 is 11.3 Å². The Labute approximate surface area is 182 Å². The number of aromatic nitrogens is 1. The van der Waals surface area contributed by atoms with E-state index in [0.717, 1.165) is 24.2 Å². The molecule has 4 heteroatoms. The number of nitrogens with zero attached hydrogens (tertiary/aromatic N) is 1. The molecule has 1 aliphatic rings. The number of ether oxygens (including phenoxy) is 1. The number of rotatable bonds is 12. The summed E-state index contributed by atoms with van der Waals surface area (Å²) < 4.78 is 5.73.